The maximum atomic E-state index is 11.2. The number of benzene rings is 2. The van der Waals surface area contributed by atoms with Crippen molar-refractivity contribution in [3.63, 3.8) is 0 Å². The highest BCUT2D eigenvalue weighted by Gasteiger charge is 2.14. The van der Waals surface area contributed by atoms with E-state index in [1.165, 1.54) is 6.07 Å². The zero-order valence-electron chi connectivity index (χ0n) is 8.42. The summed E-state index contributed by atoms with van der Waals surface area (Å²) in [6.45, 7) is 3.66. The molecule has 0 spiro atoms. The largest absolute Gasteiger partial charge is 0.295 e. The Morgan fingerprint density at radius 3 is 2.25 bits per heavy atom. The van der Waals surface area contributed by atoms with Crippen LogP contribution in [0.15, 0.2) is 47.9 Å². The first-order valence-corrected chi connectivity index (χ1v) is 6.10. The lowest BCUT2D eigenvalue weighted by molar-refractivity contribution is 0.484. The number of rotatable bonds is 2. The van der Waals surface area contributed by atoms with Gasteiger partial charge in [0, 0.05) is 5.39 Å². The van der Waals surface area contributed by atoms with Crippen LogP contribution in [0.3, 0.4) is 0 Å². The molecular formula is C12H10O3S. The van der Waals surface area contributed by atoms with E-state index in [1.54, 1.807) is 30.3 Å². The quantitative estimate of drug-likeness (QED) is 0.813. The molecule has 16 heavy (non-hydrogen) atoms. The molecule has 0 aliphatic heterocycles. The Labute approximate surface area is 93.8 Å². The summed E-state index contributed by atoms with van der Waals surface area (Å²) in [4.78, 5) is -0.0753. The Morgan fingerprint density at radius 1 is 1.06 bits per heavy atom. The SMILES string of the molecule is C=Cc1ccc(S(=O)(=O)O)c2ccccc12. The molecule has 0 aliphatic rings. The zero-order valence-corrected chi connectivity index (χ0v) is 9.24. The van der Waals surface area contributed by atoms with Gasteiger partial charge in [0.2, 0.25) is 0 Å². The second-order valence-electron chi connectivity index (χ2n) is 3.38. The van der Waals surface area contributed by atoms with Crippen molar-refractivity contribution < 1.29 is 13.0 Å². The van der Waals surface area contributed by atoms with E-state index in [0.29, 0.717) is 5.39 Å². The Kier molecular flexibility index (Phi) is 2.53. The Balaban J connectivity index is 2.96. The van der Waals surface area contributed by atoms with Crippen LogP contribution in [0.5, 0.6) is 0 Å². The molecule has 0 amide bonds. The van der Waals surface area contributed by atoms with E-state index in [9.17, 15) is 8.42 Å². The second kappa shape index (κ2) is 3.73. The Hall–Kier alpha value is -1.65. The average molecular weight is 234 g/mol. The molecule has 0 heterocycles. The number of fused-ring (bicyclic) bond motifs is 1. The highest BCUT2D eigenvalue weighted by Crippen LogP contribution is 2.26. The predicted octanol–water partition coefficient (Wildman–Crippen LogP) is 2.73. The van der Waals surface area contributed by atoms with E-state index in [0.717, 1.165) is 10.9 Å². The normalized spacial score (nSPS) is 11.6. The van der Waals surface area contributed by atoms with E-state index in [1.807, 2.05) is 6.07 Å². The first-order chi connectivity index (χ1) is 7.54. The first-order valence-electron chi connectivity index (χ1n) is 4.65. The van der Waals surface area contributed by atoms with E-state index in [2.05, 4.69) is 6.58 Å². The van der Waals surface area contributed by atoms with Crippen molar-refractivity contribution in [3.05, 3.63) is 48.5 Å². The van der Waals surface area contributed by atoms with Gasteiger partial charge >= 0.3 is 0 Å². The van der Waals surface area contributed by atoms with Crippen LogP contribution in [-0.4, -0.2) is 13.0 Å². The fourth-order valence-corrected chi connectivity index (χ4v) is 2.39. The minimum Gasteiger partial charge on any atom is -0.282 e. The smallest absolute Gasteiger partial charge is 0.282 e. The van der Waals surface area contributed by atoms with Crippen molar-refractivity contribution in [2.24, 2.45) is 0 Å². The second-order valence-corrected chi connectivity index (χ2v) is 4.77. The lowest BCUT2D eigenvalue weighted by Crippen LogP contribution is -1.99. The monoisotopic (exact) mass is 234 g/mol. The first kappa shape index (κ1) is 10.9. The fraction of sp³-hybridized carbons (Fsp3) is 0. The van der Waals surface area contributed by atoms with Crippen LogP contribution in [-0.2, 0) is 10.1 Å². The molecule has 0 fully saturated rings. The lowest BCUT2D eigenvalue weighted by Gasteiger charge is -2.06. The predicted molar refractivity (Wildman–Crippen MR) is 63.9 cm³/mol. The van der Waals surface area contributed by atoms with Gasteiger partial charge in [0.15, 0.2) is 0 Å². The summed E-state index contributed by atoms with van der Waals surface area (Å²) >= 11 is 0. The van der Waals surface area contributed by atoms with Crippen LogP contribution < -0.4 is 0 Å². The third kappa shape index (κ3) is 1.73. The van der Waals surface area contributed by atoms with Gasteiger partial charge in [-0.1, -0.05) is 43.0 Å². The van der Waals surface area contributed by atoms with Crippen molar-refractivity contribution in [1.82, 2.24) is 0 Å². The maximum absolute atomic E-state index is 11.2. The molecule has 0 unspecified atom stereocenters. The molecule has 2 rings (SSSR count). The van der Waals surface area contributed by atoms with Gasteiger partial charge in [-0.3, -0.25) is 4.55 Å². The minimum absolute atomic E-state index is 0.0753. The molecular weight excluding hydrogens is 224 g/mol. The van der Waals surface area contributed by atoms with Gasteiger partial charge in [-0.05, 0) is 17.0 Å². The van der Waals surface area contributed by atoms with Gasteiger partial charge < -0.3 is 0 Å². The molecule has 0 saturated heterocycles. The zero-order chi connectivity index (χ0) is 11.8. The van der Waals surface area contributed by atoms with Crippen LogP contribution in [0.25, 0.3) is 16.8 Å². The Morgan fingerprint density at radius 2 is 1.69 bits per heavy atom. The third-order valence-corrected chi connectivity index (χ3v) is 3.33. The van der Waals surface area contributed by atoms with Crippen molar-refractivity contribution in [2.45, 2.75) is 4.90 Å². The Bertz CT molecular complexity index is 657. The third-order valence-electron chi connectivity index (χ3n) is 2.42. The van der Waals surface area contributed by atoms with Crippen LogP contribution in [0.2, 0.25) is 0 Å². The van der Waals surface area contributed by atoms with Gasteiger partial charge in [0.1, 0.15) is 4.90 Å². The molecule has 0 aliphatic carbocycles. The van der Waals surface area contributed by atoms with E-state index in [-0.39, 0.29) is 4.90 Å². The van der Waals surface area contributed by atoms with Crippen molar-refractivity contribution in [3.8, 4) is 0 Å². The minimum atomic E-state index is -4.19. The molecule has 2 aromatic carbocycles. The highest BCUT2D eigenvalue weighted by atomic mass is 32.2. The summed E-state index contributed by atoms with van der Waals surface area (Å²) < 4.78 is 31.4. The highest BCUT2D eigenvalue weighted by molar-refractivity contribution is 7.86. The van der Waals surface area contributed by atoms with Gasteiger partial charge in [-0.25, -0.2) is 0 Å². The molecule has 82 valence electrons. The van der Waals surface area contributed by atoms with Crippen LogP contribution in [0.4, 0.5) is 0 Å². The van der Waals surface area contributed by atoms with Gasteiger partial charge in [0.05, 0.1) is 0 Å². The summed E-state index contributed by atoms with van der Waals surface area (Å²) in [5.41, 5.74) is 0.836. The standard InChI is InChI=1S/C12H10O3S/c1-2-9-7-8-12(16(13,14)15)11-6-4-3-5-10(9)11/h2-8H,1H2,(H,13,14,15). The molecule has 0 radical (unpaired) electrons. The topological polar surface area (TPSA) is 54.4 Å². The summed E-state index contributed by atoms with van der Waals surface area (Å²) in [5.74, 6) is 0. The van der Waals surface area contributed by atoms with E-state index < -0.39 is 10.1 Å². The summed E-state index contributed by atoms with van der Waals surface area (Å²) in [7, 11) is -4.19. The van der Waals surface area contributed by atoms with Gasteiger partial charge in [-0.15, -0.1) is 0 Å². The fourth-order valence-electron chi connectivity index (χ4n) is 1.70. The molecule has 4 heteroatoms. The number of hydrogen-bond donors (Lipinski definition) is 1. The molecule has 2 aromatic rings. The average Bonchev–Trinajstić information content (AvgIpc) is 2.26. The summed E-state index contributed by atoms with van der Waals surface area (Å²) in [6.07, 6.45) is 1.65. The van der Waals surface area contributed by atoms with Crippen LogP contribution in [0, 0.1) is 0 Å². The molecule has 3 nitrogen and oxygen atoms in total. The van der Waals surface area contributed by atoms with Crippen molar-refractivity contribution in [1.29, 1.82) is 0 Å². The van der Waals surface area contributed by atoms with Gasteiger partial charge in [0.25, 0.3) is 10.1 Å². The summed E-state index contributed by atoms with van der Waals surface area (Å²) in [6, 6.07) is 9.99. The molecule has 0 bridgehead atoms. The lowest BCUT2D eigenvalue weighted by atomic mass is 10.0. The van der Waals surface area contributed by atoms with Gasteiger partial charge in [-0.2, -0.15) is 8.42 Å². The van der Waals surface area contributed by atoms with Crippen LogP contribution >= 0.6 is 0 Å². The van der Waals surface area contributed by atoms with Crippen LogP contribution in [0.1, 0.15) is 5.56 Å². The van der Waals surface area contributed by atoms with Crippen molar-refractivity contribution in [2.75, 3.05) is 0 Å². The van der Waals surface area contributed by atoms with E-state index >= 15 is 0 Å². The number of hydrogen-bond acceptors (Lipinski definition) is 2. The van der Waals surface area contributed by atoms with E-state index in [4.69, 9.17) is 4.55 Å². The maximum Gasteiger partial charge on any atom is 0.295 e. The molecule has 0 aromatic heterocycles. The van der Waals surface area contributed by atoms with Crippen molar-refractivity contribution >= 4 is 27.0 Å². The summed E-state index contributed by atoms with van der Waals surface area (Å²) in [5, 5.41) is 1.26. The molecule has 1 N–H and O–H groups in total. The molecule has 0 atom stereocenters. The molecule has 0 saturated carbocycles.